The fourth-order valence-electron chi connectivity index (χ4n) is 4.12. The van der Waals surface area contributed by atoms with Crippen LogP contribution in [0.4, 0.5) is 0 Å². The molecule has 0 radical (unpaired) electrons. The minimum absolute atomic E-state index is 0. The average molecular weight is 363 g/mol. The predicted molar refractivity (Wildman–Crippen MR) is 89.0 cm³/mol. The number of rotatable bonds is 3. The minimum atomic E-state index is -1.11. The van der Waals surface area contributed by atoms with Gasteiger partial charge in [-0.15, -0.1) is 0 Å². The van der Waals surface area contributed by atoms with Crippen molar-refractivity contribution in [3.8, 4) is 0 Å². The standard InChI is InChI=1S/C18H17N3O4.Na.H/c1-10(22)20-9-13-8-12(3-2-11-4-6-19-7-5-11)15(18(24)25)21-14(13)16(20)17(21)23;;/h2-7,13-14,16H,8-9H2,1H3,(H,24,25);;/q;+1;-1/b3-2+;;/t13-,14-,16+;;/m1../s1. The van der Waals surface area contributed by atoms with Gasteiger partial charge in [0.2, 0.25) is 5.91 Å². The fourth-order valence-corrected chi connectivity index (χ4v) is 4.12. The molecule has 0 bridgehead atoms. The molecule has 2 saturated heterocycles. The molecule has 0 spiro atoms. The molecular formula is C18H18N3NaO4. The number of pyridine rings is 1. The number of β-lactam (4-membered cyclic amide) rings is 1. The van der Waals surface area contributed by atoms with Crippen molar-refractivity contribution >= 4 is 23.9 Å². The van der Waals surface area contributed by atoms with Gasteiger partial charge in [-0.25, -0.2) is 4.79 Å². The number of carbonyl (C=O) groups excluding carboxylic acids is 2. The third-order valence-corrected chi connectivity index (χ3v) is 5.18. The molecule has 0 unspecified atom stereocenters. The third kappa shape index (κ3) is 2.80. The first kappa shape index (κ1) is 18.8. The van der Waals surface area contributed by atoms with E-state index in [1.54, 1.807) is 23.4 Å². The van der Waals surface area contributed by atoms with Crippen LogP contribution >= 0.6 is 0 Å². The monoisotopic (exact) mass is 363 g/mol. The number of nitrogens with zero attached hydrogens (tertiary/aromatic N) is 3. The van der Waals surface area contributed by atoms with Crippen LogP contribution in [0, 0.1) is 5.92 Å². The van der Waals surface area contributed by atoms with E-state index in [-0.39, 0.29) is 60.5 Å². The van der Waals surface area contributed by atoms with Crippen LogP contribution in [0.25, 0.3) is 6.08 Å². The zero-order valence-corrected chi connectivity index (χ0v) is 16.6. The van der Waals surface area contributed by atoms with E-state index >= 15 is 0 Å². The van der Waals surface area contributed by atoms with Crippen molar-refractivity contribution < 1.29 is 50.5 Å². The van der Waals surface area contributed by atoms with Crippen LogP contribution in [0.3, 0.4) is 0 Å². The molecule has 3 aliphatic rings. The molecule has 4 rings (SSSR count). The van der Waals surface area contributed by atoms with E-state index in [2.05, 4.69) is 4.98 Å². The molecule has 0 saturated carbocycles. The molecule has 8 heteroatoms. The van der Waals surface area contributed by atoms with Gasteiger partial charge in [-0.3, -0.25) is 19.5 Å². The van der Waals surface area contributed by atoms with Gasteiger partial charge in [0, 0.05) is 31.8 Å². The summed E-state index contributed by atoms with van der Waals surface area (Å²) in [7, 11) is 0. The summed E-state index contributed by atoms with van der Waals surface area (Å²) < 4.78 is 0. The molecule has 3 aliphatic heterocycles. The van der Waals surface area contributed by atoms with Crippen molar-refractivity contribution in [3.05, 3.63) is 47.4 Å². The van der Waals surface area contributed by atoms with Crippen LogP contribution < -0.4 is 29.6 Å². The van der Waals surface area contributed by atoms with E-state index in [4.69, 9.17) is 0 Å². The Labute approximate surface area is 174 Å². The first-order chi connectivity index (χ1) is 12.0. The number of hydrogen-bond donors (Lipinski definition) is 1. The van der Waals surface area contributed by atoms with Gasteiger partial charge in [0.25, 0.3) is 5.91 Å². The molecule has 2 fully saturated rings. The van der Waals surface area contributed by atoms with Crippen LogP contribution in [-0.2, 0) is 14.4 Å². The molecule has 7 nitrogen and oxygen atoms in total. The normalized spacial score (nSPS) is 26.5. The molecule has 2 amide bonds. The first-order valence-electron chi connectivity index (χ1n) is 8.14. The second-order valence-electron chi connectivity index (χ2n) is 6.57. The molecule has 1 aromatic rings. The summed E-state index contributed by atoms with van der Waals surface area (Å²) >= 11 is 0. The van der Waals surface area contributed by atoms with Crippen LogP contribution in [0.5, 0.6) is 0 Å². The first-order valence-corrected chi connectivity index (χ1v) is 8.14. The van der Waals surface area contributed by atoms with Gasteiger partial charge in [-0.2, -0.15) is 0 Å². The van der Waals surface area contributed by atoms with Crippen LogP contribution in [0.1, 0.15) is 20.3 Å². The maximum absolute atomic E-state index is 12.5. The third-order valence-electron chi connectivity index (χ3n) is 5.18. The van der Waals surface area contributed by atoms with Gasteiger partial charge >= 0.3 is 35.5 Å². The maximum atomic E-state index is 12.5. The van der Waals surface area contributed by atoms with E-state index in [1.807, 2.05) is 18.2 Å². The summed E-state index contributed by atoms with van der Waals surface area (Å²) in [5.74, 6) is -1.47. The number of carboxylic acids is 1. The average Bonchev–Trinajstić information content (AvgIpc) is 2.96. The molecule has 3 atom stereocenters. The van der Waals surface area contributed by atoms with Gasteiger partial charge in [0.15, 0.2) is 0 Å². The van der Waals surface area contributed by atoms with Crippen LogP contribution in [-0.4, -0.2) is 56.3 Å². The van der Waals surface area contributed by atoms with Crippen molar-refractivity contribution in [2.45, 2.75) is 25.4 Å². The van der Waals surface area contributed by atoms with Gasteiger partial charge in [0.1, 0.15) is 11.7 Å². The van der Waals surface area contributed by atoms with Gasteiger partial charge in [-0.05, 0) is 29.7 Å². The second-order valence-corrected chi connectivity index (χ2v) is 6.57. The SMILES string of the molecule is CC(=O)N1C[C@H]2CC(/C=C/c3ccncc3)=C(C(=O)O)N3C(=O)[C@@H]1[C@@H]23.[H-].[Na+]. The number of amides is 2. The number of aliphatic carboxylic acids is 1. The number of hydrogen-bond acceptors (Lipinski definition) is 4. The Morgan fingerprint density at radius 1 is 1.31 bits per heavy atom. The summed E-state index contributed by atoms with van der Waals surface area (Å²) in [6.45, 7) is 1.94. The molecule has 4 heterocycles. The van der Waals surface area contributed by atoms with Crippen LogP contribution in [0.15, 0.2) is 41.9 Å². The Morgan fingerprint density at radius 2 is 2.00 bits per heavy atom. The summed E-state index contributed by atoms with van der Waals surface area (Å²) in [6.07, 6.45) is 7.44. The van der Waals surface area contributed by atoms with Crippen molar-refractivity contribution in [1.29, 1.82) is 0 Å². The Kier molecular flexibility index (Phi) is 5.05. The van der Waals surface area contributed by atoms with Crippen molar-refractivity contribution in [2.24, 2.45) is 5.92 Å². The van der Waals surface area contributed by atoms with Gasteiger partial charge in [0.05, 0.1) is 6.04 Å². The summed E-state index contributed by atoms with van der Waals surface area (Å²) in [4.78, 5) is 43.0. The van der Waals surface area contributed by atoms with E-state index in [1.165, 1.54) is 11.8 Å². The molecule has 0 aliphatic carbocycles. The zero-order valence-electron chi connectivity index (χ0n) is 15.6. The quantitative estimate of drug-likeness (QED) is 0.496. The molecule has 26 heavy (non-hydrogen) atoms. The molecule has 1 aromatic heterocycles. The van der Waals surface area contributed by atoms with E-state index in [0.717, 1.165) is 5.56 Å². The minimum Gasteiger partial charge on any atom is -1.00 e. The zero-order chi connectivity index (χ0) is 17.7. The summed E-state index contributed by atoms with van der Waals surface area (Å²) in [5, 5.41) is 9.64. The Balaban J connectivity index is 0.00000131. The summed E-state index contributed by atoms with van der Waals surface area (Å²) in [6, 6.07) is 2.94. The topological polar surface area (TPSA) is 90.8 Å². The number of carboxylic acid groups (broad SMARTS) is 1. The van der Waals surface area contributed by atoms with Gasteiger partial charge in [-0.1, -0.05) is 12.2 Å². The number of aromatic nitrogens is 1. The molecular weight excluding hydrogens is 345 g/mol. The Morgan fingerprint density at radius 3 is 2.62 bits per heavy atom. The van der Waals surface area contributed by atoms with Crippen molar-refractivity contribution in [1.82, 2.24) is 14.8 Å². The largest absolute Gasteiger partial charge is 1.00 e. The number of carbonyl (C=O) groups is 3. The van der Waals surface area contributed by atoms with Gasteiger partial charge < -0.3 is 11.4 Å². The smallest absolute Gasteiger partial charge is 1.00 e. The van der Waals surface area contributed by atoms with E-state index < -0.39 is 12.0 Å². The maximum Gasteiger partial charge on any atom is 1.00 e. The molecule has 0 aromatic carbocycles. The molecule has 1 N–H and O–H groups in total. The predicted octanol–water partition coefficient (Wildman–Crippen LogP) is -1.99. The Bertz CT molecular complexity index is 842. The Hall–Kier alpha value is -1.96. The van der Waals surface area contributed by atoms with Crippen molar-refractivity contribution in [3.63, 3.8) is 0 Å². The van der Waals surface area contributed by atoms with Crippen LogP contribution in [0.2, 0.25) is 0 Å². The molecule has 130 valence electrons. The van der Waals surface area contributed by atoms with E-state index in [0.29, 0.717) is 18.5 Å². The van der Waals surface area contributed by atoms with E-state index in [9.17, 15) is 19.5 Å². The summed E-state index contributed by atoms with van der Waals surface area (Å²) in [5.41, 5.74) is 1.56. The number of likely N-dealkylation sites (tertiary alicyclic amines) is 1. The number of allylic oxidation sites excluding steroid dienone is 2. The fraction of sp³-hybridized carbons (Fsp3) is 0.333. The van der Waals surface area contributed by atoms with Crippen molar-refractivity contribution in [2.75, 3.05) is 6.54 Å². The second kappa shape index (κ2) is 6.98.